The SMILES string of the molecule is O=C(O)CCC(=O)O.O=C(O)CCC(=O)O.O=S(=O)(O)O. The van der Waals surface area contributed by atoms with Crippen LogP contribution in [-0.2, 0) is 29.6 Å². The van der Waals surface area contributed by atoms with Gasteiger partial charge in [0.1, 0.15) is 0 Å². The van der Waals surface area contributed by atoms with Gasteiger partial charge in [0.2, 0.25) is 0 Å². The van der Waals surface area contributed by atoms with Crippen LogP contribution in [0.4, 0.5) is 0 Å². The van der Waals surface area contributed by atoms with E-state index in [2.05, 4.69) is 0 Å². The standard InChI is InChI=1S/2C4H6O4.H2O4S/c2*5-3(6)1-2-4(7)8;1-5(2,3)4/h2*1-2H2,(H,5,6)(H,7,8);(H2,1,2,3,4). The van der Waals surface area contributed by atoms with Gasteiger partial charge in [-0.3, -0.25) is 28.3 Å². The van der Waals surface area contributed by atoms with E-state index in [9.17, 15) is 19.2 Å². The fourth-order valence-corrected chi connectivity index (χ4v) is 0.428. The third kappa shape index (κ3) is 73.3. The molecule has 0 amide bonds. The average Bonchev–Trinajstić information content (AvgIpc) is 2.22. The van der Waals surface area contributed by atoms with E-state index in [0.29, 0.717) is 0 Å². The molecular weight excluding hydrogens is 320 g/mol. The Morgan fingerprint density at radius 1 is 0.571 bits per heavy atom. The van der Waals surface area contributed by atoms with E-state index < -0.39 is 34.3 Å². The molecule has 0 fully saturated rings. The number of hydrogen-bond acceptors (Lipinski definition) is 6. The summed E-state index contributed by atoms with van der Waals surface area (Å²) in [5.74, 6) is -4.31. The number of carboxylic acid groups (broad SMARTS) is 4. The van der Waals surface area contributed by atoms with Gasteiger partial charge in [-0.25, -0.2) is 0 Å². The number of aliphatic carboxylic acids is 4. The first kappa shape index (κ1) is 23.8. The van der Waals surface area contributed by atoms with Crippen molar-refractivity contribution in [1.82, 2.24) is 0 Å². The molecule has 0 atom stereocenters. The molecule has 0 aliphatic heterocycles. The highest BCUT2D eigenvalue weighted by molar-refractivity contribution is 7.79. The molecule has 12 nitrogen and oxygen atoms in total. The van der Waals surface area contributed by atoms with E-state index in [4.69, 9.17) is 37.9 Å². The molecule has 0 aromatic heterocycles. The summed E-state index contributed by atoms with van der Waals surface area (Å²) in [4.78, 5) is 38.6. The van der Waals surface area contributed by atoms with E-state index in [1.807, 2.05) is 0 Å². The summed E-state index contributed by atoms with van der Waals surface area (Å²) < 4.78 is 31.6. The molecular formula is C8H14O12S. The molecule has 0 spiro atoms. The minimum atomic E-state index is -4.67. The second-order valence-corrected chi connectivity index (χ2v) is 3.92. The molecule has 0 bridgehead atoms. The van der Waals surface area contributed by atoms with Crippen LogP contribution in [0.1, 0.15) is 25.7 Å². The van der Waals surface area contributed by atoms with E-state index >= 15 is 0 Å². The third-order valence-corrected chi connectivity index (χ3v) is 1.11. The van der Waals surface area contributed by atoms with Crippen molar-refractivity contribution in [2.24, 2.45) is 0 Å². The maximum atomic E-state index is 9.64. The Morgan fingerprint density at radius 3 is 0.714 bits per heavy atom. The number of rotatable bonds is 6. The van der Waals surface area contributed by atoms with Gasteiger partial charge in [0.25, 0.3) is 0 Å². The van der Waals surface area contributed by atoms with Gasteiger partial charge >= 0.3 is 34.3 Å². The molecule has 21 heavy (non-hydrogen) atoms. The van der Waals surface area contributed by atoms with E-state index in [1.165, 1.54) is 0 Å². The van der Waals surface area contributed by atoms with Gasteiger partial charge in [0, 0.05) is 0 Å². The summed E-state index contributed by atoms with van der Waals surface area (Å²) in [7, 11) is -4.67. The molecule has 0 unspecified atom stereocenters. The third-order valence-electron chi connectivity index (χ3n) is 1.11. The van der Waals surface area contributed by atoms with Crippen LogP contribution >= 0.6 is 0 Å². The van der Waals surface area contributed by atoms with Crippen molar-refractivity contribution in [2.45, 2.75) is 25.7 Å². The van der Waals surface area contributed by atoms with Crippen molar-refractivity contribution >= 4 is 34.3 Å². The fourth-order valence-electron chi connectivity index (χ4n) is 0.428. The van der Waals surface area contributed by atoms with Crippen molar-refractivity contribution in [3.8, 4) is 0 Å². The molecule has 0 saturated heterocycles. The quantitative estimate of drug-likeness (QED) is 0.329. The summed E-state index contributed by atoms with van der Waals surface area (Å²) in [5, 5.41) is 31.6. The lowest BCUT2D eigenvalue weighted by molar-refractivity contribution is -0.143. The van der Waals surface area contributed by atoms with Crippen LogP contribution < -0.4 is 0 Å². The summed E-state index contributed by atoms with van der Waals surface area (Å²) in [6.45, 7) is 0. The molecule has 0 aromatic rings. The molecule has 0 radical (unpaired) electrons. The van der Waals surface area contributed by atoms with Crippen molar-refractivity contribution in [1.29, 1.82) is 0 Å². The zero-order chi connectivity index (χ0) is 17.6. The topological polar surface area (TPSA) is 224 Å². The van der Waals surface area contributed by atoms with E-state index in [1.54, 1.807) is 0 Å². The van der Waals surface area contributed by atoms with Crippen molar-refractivity contribution < 1.29 is 57.1 Å². The molecule has 124 valence electrons. The average molecular weight is 334 g/mol. The Hall–Kier alpha value is -2.25. The normalized spacial score (nSPS) is 9.24. The fraction of sp³-hybridized carbons (Fsp3) is 0.500. The molecule has 0 saturated carbocycles. The number of hydrogen-bond donors (Lipinski definition) is 6. The number of carboxylic acids is 4. The van der Waals surface area contributed by atoms with Crippen molar-refractivity contribution in [3.63, 3.8) is 0 Å². The summed E-state index contributed by atoms with van der Waals surface area (Å²) in [5.41, 5.74) is 0. The van der Waals surface area contributed by atoms with Gasteiger partial charge in [0.05, 0.1) is 25.7 Å². The van der Waals surface area contributed by atoms with Gasteiger partial charge in [-0.15, -0.1) is 0 Å². The lowest BCUT2D eigenvalue weighted by Crippen LogP contribution is -2.00. The molecule has 13 heteroatoms. The second kappa shape index (κ2) is 12.8. The Bertz CT molecular complexity index is 386. The van der Waals surface area contributed by atoms with Crippen LogP contribution in [-0.4, -0.2) is 61.8 Å². The van der Waals surface area contributed by atoms with Gasteiger partial charge in [-0.2, -0.15) is 8.42 Å². The van der Waals surface area contributed by atoms with Crippen LogP contribution in [0, 0.1) is 0 Å². The van der Waals surface area contributed by atoms with Gasteiger partial charge in [-0.05, 0) is 0 Å². The smallest absolute Gasteiger partial charge is 0.394 e. The Balaban J connectivity index is -0.000000239. The lowest BCUT2D eigenvalue weighted by atomic mass is 10.3. The van der Waals surface area contributed by atoms with E-state index in [-0.39, 0.29) is 25.7 Å². The molecule has 0 rings (SSSR count). The minimum Gasteiger partial charge on any atom is -0.481 e. The maximum Gasteiger partial charge on any atom is 0.394 e. The van der Waals surface area contributed by atoms with E-state index in [0.717, 1.165) is 0 Å². The first-order chi connectivity index (χ1) is 9.25. The van der Waals surface area contributed by atoms with Crippen molar-refractivity contribution in [3.05, 3.63) is 0 Å². The first-order valence-corrected chi connectivity index (χ1v) is 6.22. The lowest BCUT2D eigenvalue weighted by Gasteiger charge is -1.85. The van der Waals surface area contributed by atoms with Crippen LogP contribution in [0.2, 0.25) is 0 Å². The van der Waals surface area contributed by atoms with Gasteiger partial charge < -0.3 is 20.4 Å². The molecule has 6 N–H and O–H groups in total. The highest BCUT2D eigenvalue weighted by atomic mass is 32.3. The number of carbonyl (C=O) groups is 4. The predicted molar refractivity (Wildman–Crippen MR) is 63.2 cm³/mol. The summed E-state index contributed by atoms with van der Waals surface area (Å²) >= 11 is 0. The first-order valence-electron chi connectivity index (χ1n) is 4.82. The largest absolute Gasteiger partial charge is 0.481 e. The van der Waals surface area contributed by atoms with Crippen LogP contribution in [0.5, 0.6) is 0 Å². The Labute approximate surface area is 118 Å². The second-order valence-electron chi connectivity index (χ2n) is 3.02. The zero-order valence-corrected chi connectivity index (χ0v) is 11.2. The monoisotopic (exact) mass is 334 g/mol. The van der Waals surface area contributed by atoms with Crippen LogP contribution in [0.25, 0.3) is 0 Å². The Morgan fingerprint density at radius 2 is 0.667 bits per heavy atom. The summed E-state index contributed by atoms with van der Waals surface area (Å²) in [6, 6.07) is 0. The van der Waals surface area contributed by atoms with Crippen LogP contribution in [0.3, 0.4) is 0 Å². The summed E-state index contributed by atoms with van der Waals surface area (Å²) in [6.07, 6.45) is -1.19. The highest BCUT2D eigenvalue weighted by Gasteiger charge is 2.01. The van der Waals surface area contributed by atoms with Crippen molar-refractivity contribution in [2.75, 3.05) is 0 Å². The highest BCUT2D eigenvalue weighted by Crippen LogP contribution is 1.86. The molecule has 0 heterocycles. The minimum absolute atomic E-state index is 0.296. The predicted octanol–water partition coefficient (Wildman–Crippen LogP) is -0.781. The van der Waals surface area contributed by atoms with Gasteiger partial charge in [0.15, 0.2) is 0 Å². The Kier molecular flexibility index (Phi) is 14.5. The maximum absolute atomic E-state index is 9.64. The molecule has 0 aliphatic carbocycles. The zero-order valence-electron chi connectivity index (χ0n) is 10.4. The van der Waals surface area contributed by atoms with Gasteiger partial charge in [-0.1, -0.05) is 0 Å². The molecule has 0 aliphatic rings. The van der Waals surface area contributed by atoms with Crippen LogP contribution in [0.15, 0.2) is 0 Å². The molecule has 0 aromatic carbocycles.